The number of guanidine groups is 1. The minimum absolute atomic E-state index is 0. The van der Waals surface area contributed by atoms with Crippen molar-refractivity contribution in [2.24, 2.45) is 4.99 Å². The van der Waals surface area contributed by atoms with E-state index in [1.54, 1.807) is 11.3 Å². The van der Waals surface area contributed by atoms with E-state index in [-0.39, 0.29) is 29.4 Å². The van der Waals surface area contributed by atoms with E-state index in [0.717, 1.165) is 61.6 Å². The highest BCUT2D eigenvalue weighted by Crippen LogP contribution is 2.35. The topological polar surface area (TPSA) is 67.8 Å². The molecule has 0 radical (unpaired) electrons. The van der Waals surface area contributed by atoms with E-state index in [0.29, 0.717) is 6.61 Å². The van der Waals surface area contributed by atoms with Gasteiger partial charge in [0.15, 0.2) is 5.96 Å². The summed E-state index contributed by atoms with van der Waals surface area (Å²) < 4.78 is 11.3. The van der Waals surface area contributed by atoms with Crippen LogP contribution < -0.4 is 15.4 Å². The number of aryl methyl sites for hydroxylation is 2. The van der Waals surface area contributed by atoms with Crippen molar-refractivity contribution in [3.05, 3.63) is 45.4 Å². The maximum absolute atomic E-state index is 5.66. The Morgan fingerprint density at radius 2 is 1.90 bits per heavy atom. The fraction of sp³-hybridized carbons (Fsp3) is 0.545. The number of nitrogens with one attached hydrogen (secondary N) is 2. The van der Waals surface area contributed by atoms with Crippen molar-refractivity contribution in [3.63, 3.8) is 0 Å². The van der Waals surface area contributed by atoms with Gasteiger partial charge in [-0.3, -0.25) is 4.99 Å². The molecule has 1 aromatic carbocycles. The van der Waals surface area contributed by atoms with E-state index in [4.69, 9.17) is 9.47 Å². The van der Waals surface area contributed by atoms with E-state index in [2.05, 4.69) is 51.8 Å². The van der Waals surface area contributed by atoms with Gasteiger partial charge in [-0.25, -0.2) is 4.98 Å². The standard InChI is InChI=1S/C22H32N4O2S.HI/c1-5-28-19-8-6-18(7-9-19)22(10-12-27-13-11-22)15-25-21(23-4)24-14-20-16(2)26-17(3)29-20;/h6-9H,5,10-15H2,1-4H3,(H2,23,24,25);1H. The Morgan fingerprint density at radius 3 is 2.47 bits per heavy atom. The smallest absolute Gasteiger partial charge is 0.191 e. The second kappa shape index (κ2) is 11.9. The van der Waals surface area contributed by atoms with Gasteiger partial charge in [0, 0.05) is 37.1 Å². The molecule has 8 heteroatoms. The Kier molecular flexibility index (Phi) is 9.83. The molecule has 0 bridgehead atoms. The zero-order chi connectivity index (χ0) is 20.7. The number of thiazole rings is 1. The molecule has 6 nitrogen and oxygen atoms in total. The van der Waals surface area contributed by atoms with Crippen LogP contribution in [0, 0.1) is 13.8 Å². The van der Waals surface area contributed by atoms with Gasteiger partial charge >= 0.3 is 0 Å². The molecular weight excluding hydrogens is 511 g/mol. The average molecular weight is 545 g/mol. The molecule has 3 rings (SSSR count). The SMILES string of the molecule is CCOc1ccc(C2(CNC(=NC)NCc3sc(C)nc3C)CCOCC2)cc1.I. The number of halogens is 1. The zero-order valence-electron chi connectivity index (χ0n) is 18.3. The molecule has 2 heterocycles. The Morgan fingerprint density at radius 1 is 1.20 bits per heavy atom. The molecule has 0 atom stereocenters. The summed E-state index contributed by atoms with van der Waals surface area (Å²) in [5.74, 6) is 1.73. The highest BCUT2D eigenvalue weighted by molar-refractivity contribution is 14.0. The van der Waals surface area contributed by atoms with Gasteiger partial charge in [-0.2, -0.15) is 0 Å². The predicted molar refractivity (Wildman–Crippen MR) is 135 cm³/mol. The highest BCUT2D eigenvalue weighted by atomic mass is 127. The van der Waals surface area contributed by atoms with Crippen LogP contribution in [0.15, 0.2) is 29.3 Å². The van der Waals surface area contributed by atoms with Gasteiger partial charge in [0.25, 0.3) is 0 Å². The normalized spacial score (nSPS) is 15.9. The van der Waals surface area contributed by atoms with Crippen molar-refractivity contribution in [1.29, 1.82) is 0 Å². The van der Waals surface area contributed by atoms with Crippen LogP contribution in [-0.4, -0.2) is 44.4 Å². The first kappa shape index (κ1) is 24.9. The highest BCUT2D eigenvalue weighted by Gasteiger charge is 2.34. The van der Waals surface area contributed by atoms with Crippen LogP contribution in [-0.2, 0) is 16.7 Å². The molecule has 0 amide bonds. The summed E-state index contributed by atoms with van der Waals surface area (Å²) in [4.78, 5) is 10.2. The van der Waals surface area contributed by atoms with Crippen LogP contribution in [0.3, 0.4) is 0 Å². The minimum Gasteiger partial charge on any atom is -0.494 e. The number of hydrogen-bond acceptors (Lipinski definition) is 5. The molecular formula is C22H33IN4O2S. The van der Waals surface area contributed by atoms with E-state index in [1.807, 2.05) is 20.9 Å². The molecule has 1 aromatic heterocycles. The summed E-state index contributed by atoms with van der Waals surface area (Å²) in [6.45, 7) is 9.88. The van der Waals surface area contributed by atoms with Crippen molar-refractivity contribution in [3.8, 4) is 5.75 Å². The molecule has 2 aromatic rings. The summed E-state index contributed by atoms with van der Waals surface area (Å²) in [5.41, 5.74) is 2.43. The van der Waals surface area contributed by atoms with Gasteiger partial charge in [-0.05, 0) is 51.3 Å². The van der Waals surface area contributed by atoms with Crippen LogP contribution in [0.1, 0.15) is 40.9 Å². The first-order valence-electron chi connectivity index (χ1n) is 10.2. The van der Waals surface area contributed by atoms with Crippen molar-refractivity contribution >= 4 is 41.3 Å². The predicted octanol–water partition coefficient (Wildman–Crippen LogP) is 4.19. The molecule has 0 spiro atoms. The van der Waals surface area contributed by atoms with Gasteiger partial charge in [0.2, 0.25) is 0 Å². The molecule has 1 aliphatic heterocycles. The summed E-state index contributed by atoms with van der Waals surface area (Å²) in [6.07, 6.45) is 1.97. The molecule has 0 aliphatic carbocycles. The lowest BCUT2D eigenvalue weighted by atomic mass is 9.74. The maximum atomic E-state index is 5.66. The van der Waals surface area contributed by atoms with E-state index in [9.17, 15) is 0 Å². The number of benzene rings is 1. The van der Waals surface area contributed by atoms with Gasteiger partial charge in [0.1, 0.15) is 5.75 Å². The third-order valence-corrected chi connectivity index (χ3v) is 6.53. The van der Waals surface area contributed by atoms with E-state index >= 15 is 0 Å². The van der Waals surface area contributed by atoms with Crippen molar-refractivity contribution in [1.82, 2.24) is 15.6 Å². The molecule has 2 N–H and O–H groups in total. The summed E-state index contributed by atoms with van der Waals surface area (Å²) in [5, 5.41) is 8.08. The number of ether oxygens (including phenoxy) is 2. The molecule has 30 heavy (non-hydrogen) atoms. The molecule has 0 saturated carbocycles. The number of nitrogens with zero attached hydrogens (tertiary/aromatic N) is 2. The molecule has 166 valence electrons. The quantitative estimate of drug-likeness (QED) is 0.311. The Hall–Kier alpha value is -1.39. The first-order chi connectivity index (χ1) is 14.1. The average Bonchev–Trinajstić information content (AvgIpc) is 3.06. The summed E-state index contributed by atoms with van der Waals surface area (Å²) in [7, 11) is 1.81. The van der Waals surface area contributed by atoms with Crippen LogP contribution in [0.25, 0.3) is 0 Å². The number of aromatic nitrogens is 1. The van der Waals surface area contributed by atoms with E-state index in [1.165, 1.54) is 10.4 Å². The second-order valence-corrected chi connectivity index (χ2v) is 8.66. The number of hydrogen-bond donors (Lipinski definition) is 2. The Labute approximate surface area is 200 Å². The molecule has 1 fully saturated rings. The lowest BCUT2D eigenvalue weighted by Gasteiger charge is -2.38. The largest absolute Gasteiger partial charge is 0.494 e. The Balaban J connectivity index is 0.00000320. The first-order valence-corrected chi connectivity index (χ1v) is 11.1. The fourth-order valence-electron chi connectivity index (χ4n) is 3.78. The minimum atomic E-state index is 0. The summed E-state index contributed by atoms with van der Waals surface area (Å²) in [6, 6.07) is 8.52. The van der Waals surface area contributed by atoms with Gasteiger partial charge in [-0.15, -0.1) is 35.3 Å². The van der Waals surface area contributed by atoms with Crippen LogP contribution >= 0.6 is 35.3 Å². The fourth-order valence-corrected chi connectivity index (χ4v) is 4.65. The maximum Gasteiger partial charge on any atom is 0.191 e. The lowest BCUT2D eigenvalue weighted by molar-refractivity contribution is 0.0513. The van der Waals surface area contributed by atoms with Crippen LogP contribution in [0.5, 0.6) is 5.75 Å². The van der Waals surface area contributed by atoms with Crippen molar-refractivity contribution < 1.29 is 9.47 Å². The molecule has 1 saturated heterocycles. The van der Waals surface area contributed by atoms with Gasteiger partial charge in [-0.1, -0.05) is 12.1 Å². The third kappa shape index (κ3) is 6.31. The monoisotopic (exact) mass is 544 g/mol. The van der Waals surface area contributed by atoms with E-state index < -0.39 is 0 Å². The van der Waals surface area contributed by atoms with Crippen LogP contribution in [0.4, 0.5) is 0 Å². The lowest BCUT2D eigenvalue weighted by Crippen LogP contribution is -2.47. The molecule has 0 unspecified atom stereocenters. The van der Waals surface area contributed by atoms with Gasteiger partial charge in [0.05, 0.1) is 23.9 Å². The number of aliphatic imine (C=N–C) groups is 1. The van der Waals surface area contributed by atoms with Crippen LogP contribution in [0.2, 0.25) is 0 Å². The molecule has 1 aliphatic rings. The van der Waals surface area contributed by atoms with Crippen molar-refractivity contribution in [2.75, 3.05) is 33.4 Å². The zero-order valence-corrected chi connectivity index (χ0v) is 21.4. The Bertz CT molecular complexity index is 817. The van der Waals surface area contributed by atoms with Gasteiger partial charge < -0.3 is 20.1 Å². The third-order valence-electron chi connectivity index (χ3n) is 5.46. The van der Waals surface area contributed by atoms with Crippen molar-refractivity contribution in [2.45, 2.75) is 45.6 Å². The summed E-state index contributed by atoms with van der Waals surface area (Å²) >= 11 is 1.73. The second-order valence-electron chi connectivity index (χ2n) is 7.37. The number of rotatable bonds is 7.